The predicted octanol–water partition coefficient (Wildman–Crippen LogP) is 1.81. The van der Waals surface area contributed by atoms with Gasteiger partial charge in [-0.3, -0.25) is 9.69 Å². The molecule has 1 aliphatic heterocycles. The van der Waals surface area contributed by atoms with Crippen molar-refractivity contribution in [3.05, 3.63) is 36.3 Å². The first-order valence-corrected chi connectivity index (χ1v) is 8.11. The quantitative estimate of drug-likeness (QED) is 0.862. The Morgan fingerprint density at radius 3 is 2.77 bits per heavy atom. The van der Waals surface area contributed by atoms with Gasteiger partial charge < -0.3 is 14.4 Å². The van der Waals surface area contributed by atoms with Crippen molar-refractivity contribution >= 4 is 5.91 Å². The molecule has 22 heavy (non-hydrogen) atoms. The van der Waals surface area contributed by atoms with Crippen LogP contribution in [0.5, 0.6) is 0 Å². The Balaban J connectivity index is 1.46. The maximum Gasteiger partial charge on any atom is 0.226 e. The molecule has 0 unspecified atom stereocenters. The third-order valence-electron chi connectivity index (χ3n) is 4.61. The molecular weight excluding hydrogens is 280 g/mol. The third kappa shape index (κ3) is 3.59. The summed E-state index contributed by atoms with van der Waals surface area (Å²) in [7, 11) is 0. The molecule has 5 heteroatoms. The molecule has 1 fully saturated rings. The molecule has 2 aliphatic rings. The molecule has 1 saturated heterocycles. The van der Waals surface area contributed by atoms with E-state index in [0.29, 0.717) is 18.2 Å². The molecule has 0 saturated carbocycles. The molecule has 3 rings (SSSR count). The van der Waals surface area contributed by atoms with Gasteiger partial charge in [0.15, 0.2) is 0 Å². The van der Waals surface area contributed by atoms with Gasteiger partial charge in [-0.25, -0.2) is 0 Å². The highest BCUT2D eigenvalue weighted by atomic mass is 16.4. The van der Waals surface area contributed by atoms with Crippen LogP contribution in [-0.4, -0.2) is 53.5 Å². The number of carbonyl (C=O) groups excluding carboxylic acids is 1. The summed E-state index contributed by atoms with van der Waals surface area (Å²) in [5.41, 5.74) is 0. The summed E-state index contributed by atoms with van der Waals surface area (Å²) in [6.07, 6.45) is 8.16. The molecule has 5 nitrogen and oxygen atoms in total. The van der Waals surface area contributed by atoms with Crippen molar-refractivity contribution in [2.75, 3.05) is 32.7 Å². The number of hydrogen-bond donors (Lipinski definition) is 1. The first-order valence-electron chi connectivity index (χ1n) is 8.11. The molecule has 1 amide bonds. The lowest BCUT2D eigenvalue weighted by atomic mass is 9.93. The van der Waals surface area contributed by atoms with Crippen molar-refractivity contribution in [2.45, 2.75) is 25.4 Å². The number of hydrogen-bond acceptors (Lipinski definition) is 4. The molecule has 0 aromatic carbocycles. The number of amides is 1. The lowest BCUT2D eigenvalue weighted by Crippen LogP contribution is -2.51. The fraction of sp³-hybridized carbons (Fsp3) is 0.588. The summed E-state index contributed by atoms with van der Waals surface area (Å²) in [4.78, 5) is 16.7. The standard InChI is InChI=1S/C17H24N2O3/c20-15(16-7-4-12-22-16)13-18-8-10-19(11-9-18)17(21)14-5-2-1-3-6-14/h1-2,4,7,12,14-15,20H,3,5-6,8-11,13H2/t14-,15+/m1/s1. The molecule has 0 radical (unpaired) electrons. The first kappa shape index (κ1) is 15.3. The highest BCUT2D eigenvalue weighted by Gasteiger charge is 2.28. The van der Waals surface area contributed by atoms with E-state index in [1.807, 2.05) is 4.90 Å². The monoisotopic (exact) mass is 304 g/mol. The van der Waals surface area contributed by atoms with Gasteiger partial charge in [-0.15, -0.1) is 0 Å². The van der Waals surface area contributed by atoms with E-state index in [9.17, 15) is 9.90 Å². The summed E-state index contributed by atoms with van der Waals surface area (Å²) in [6.45, 7) is 3.69. The largest absolute Gasteiger partial charge is 0.467 e. The van der Waals surface area contributed by atoms with Gasteiger partial charge in [0.25, 0.3) is 0 Å². The van der Waals surface area contributed by atoms with Gasteiger partial charge in [0.05, 0.1) is 6.26 Å². The van der Waals surface area contributed by atoms with Gasteiger partial charge in [-0.2, -0.15) is 0 Å². The minimum atomic E-state index is -0.597. The number of nitrogens with zero attached hydrogens (tertiary/aromatic N) is 2. The number of furan rings is 1. The number of rotatable bonds is 4. The van der Waals surface area contributed by atoms with Crippen LogP contribution in [-0.2, 0) is 4.79 Å². The van der Waals surface area contributed by atoms with Crippen LogP contribution in [0.15, 0.2) is 35.0 Å². The Morgan fingerprint density at radius 2 is 2.14 bits per heavy atom. The normalized spacial score (nSPS) is 24.4. The van der Waals surface area contributed by atoms with Crippen LogP contribution in [0.25, 0.3) is 0 Å². The third-order valence-corrected chi connectivity index (χ3v) is 4.61. The zero-order valence-corrected chi connectivity index (χ0v) is 12.9. The second-order valence-electron chi connectivity index (χ2n) is 6.14. The number of β-amino-alcohol motifs (C(OH)–C–C–N with tert-alkyl or cyclic N) is 1. The van der Waals surface area contributed by atoms with Gasteiger partial charge in [-0.05, 0) is 31.4 Å². The van der Waals surface area contributed by atoms with Gasteiger partial charge in [0, 0.05) is 38.6 Å². The van der Waals surface area contributed by atoms with Crippen LogP contribution in [0.3, 0.4) is 0 Å². The number of aliphatic hydroxyl groups is 1. The maximum absolute atomic E-state index is 12.5. The molecule has 2 heterocycles. The number of aliphatic hydroxyl groups excluding tert-OH is 1. The Labute approximate surface area is 131 Å². The van der Waals surface area contributed by atoms with Crippen molar-refractivity contribution in [3.63, 3.8) is 0 Å². The Bertz CT molecular complexity index is 504. The second kappa shape index (κ2) is 7.11. The van der Waals surface area contributed by atoms with Gasteiger partial charge in [0.1, 0.15) is 11.9 Å². The molecule has 1 aromatic rings. The first-order chi connectivity index (χ1) is 10.7. The van der Waals surface area contributed by atoms with E-state index in [4.69, 9.17) is 4.42 Å². The topological polar surface area (TPSA) is 56.9 Å². The number of allylic oxidation sites excluding steroid dienone is 2. The van der Waals surface area contributed by atoms with E-state index in [0.717, 1.165) is 45.4 Å². The van der Waals surface area contributed by atoms with Crippen LogP contribution in [0.2, 0.25) is 0 Å². The fourth-order valence-electron chi connectivity index (χ4n) is 3.24. The van der Waals surface area contributed by atoms with Crippen molar-refractivity contribution in [3.8, 4) is 0 Å². The molecule has 2 atom stereocenters. The van der Waals surface area contributed by atoms with Crippen molar-refractivity contribution < 1.29 is 14.3 Å². The lowest BCUT2D eigenvalue weighted by molar-refractivity contribution is -0.137. The summed E-state index contributed by atoms with van der Waals surface area (Å²) in [6, 6.07) is 3.58. The van der Waals surface area contributed by atoms with Crippen LogP contribution in [0.4, 0.5) is 0 Å². The van der Waals surface area contributed by atoms with Crippen molar-refractivity contribution in [2.24, 2.45) is 5.92 Å². The zero-order valence-electron chi connectivity index (χ0n) is 12.9. The average molecular weight is 304 g/mol. The molecule has 1 N–H and O–H groups in total. The molecule has 0 bridgehead atoms. The lowest BCUT2D eigenvalue weighted by Gasteiger charge is -2.37. The summed E-state index contributed by atoms with van der Waals surface area (Å²) < 4.78 is 5.23. The summed E-state index contributed by atoms with van der Waals surface area (Å²) in [5.74, 6) is 1.08. The number of piperazine rings is 1. The van der Waals surface area contributed by atoms with E-state index >= 15 is 0 Å². The van der Waals surface area contributed by atoms with Crippen LogP contribution in [0.1, 0.15) is 31.1 Å². The van der Waals surface area contributed by atoms with E-state index in [1.54, 1.807) is 18.4 Å². The van der Waals surface area contributed by atoms with Crippen LogP contribution < -0.4 is 0 Å². The minimum absolute atomic E-state index is 0.172. The predicted molar refractivity (Wildman–Crippen MR) is 83.2 cm³/mol. The fourth-order valence-corrected chi connectivity index (χ4v) is 3.24. The highest BCUT2D eigenvalue weighted by Crippen LogP contribution is 2.22. The maximum atomic E-state index is 12.5. The van der Waals surface area contributed by atoms with Gasteiger partial charge in [-0.1, -0.05) is 12.2 Å². The Hall–Kier alpha value is -1.59. The smallest absolute Gasteiger partial charge is 0.226 e. The SMILES string of the molecule is O=C([C@@H]1CC=CCC1)N1CCN(C[C@H](O)c2ccco2)CC1. The zero-order chi connectivity index (χ0) is 15.4. The molecular formula is C17H24N2O3. The van der Waals surface area contributed by atoms with E-state index in [-0.39, 0.29) is 5.92 Å². The van der Waals surface area contributed by atoms with E-state index in [2.05, 4.69) is 17.1 Å². The molecule has 1 aromatic heterocycles. The van der Waals surface area contributed by atoms with E-state index in [1.165, 1.54) is 0 Å². The Kier molecular flexibility index (Phi) is 4.95. The number of carbonyl (C=O) groups is 1. The minimum Gasteiger partial charge on any atom is -0.467 e. The second-order valence-corrected chi connectivity index (χ2v) is 6.14. The van der Waals surface area contributed by atoms with Gasteiger partial charge in [0.2, 0.25) is 5.91 Å². The van der Waals surface area contributed by atoms with Crippen LogP contribution >= 0.6 is 0 Å². The molecule has 0 spiro atoms. The average Bonchev–Trinajstić information content (AvgIpc) is 3.10. The highest BCUT2D eigenvalue weighted by molar-refractivity contribution is 5.79. The van der Waals surface area contributed by atoms with Crippen molar-refractivity contribution in [1.82, 2.24) is 9.80 Å². The summed E-state index contributed by atoms with van der Waals surface area (Å²) >= 11 is 0. The van der Waals surface area contributed by atoms with Crippen molar-refractivity contribution in [1.29, 1.82) is 0 Å². The molecule has 1 aliphatic carbocycles. The van der Waals surface area contributed by atoms with E-state index < -0.39 is 6.10 Å². The van der Waals surface area contributed by atoms with Gasteiger partial charge >= 0.3 is 0 Å². The Morgan fingerprint density at radius 1 is 1.32 bits per heavy atom. The van der Waals surface area contributed by atoms with Crippen LogP contribution in [0, 0.1) is 5.92 Å². The summed E-state index contributed by atoms with van der Waals surface area (Å²) in [5, 5.41) is 10.1. The molecule has 120 valence electrons.